The number of ether oxygens (including phenoxy) is 1. The van der Waals surface area contributed by atoms with Crippen molar-refractivity contribution in [3.63, 3.8) is 0 Å². The Hall–Kier alpha value is -2.24. The van der Waals surface area contributed by atoms with Gasteiger partial charge in [-0.15, -0.1) is 0 Å². The Kier molecular flexibility index (Phi) is 4.12. The van der Waals surface area contributed by atoms with Gasteiger partial charge in [-0.2, -0.15) is 0 Å². The van der Waals surface area contributed by atoms with Crippen molar-refractivity contribution < 1.29 is 24.5 Å². The zero-order valence-electron chi connectivity index (χ0n) is 10.8. The lowest BCUT2D eigenvalue weighted by atomic mass is 9.93. The molecule has 0 aromatic heterocycles. The van der Waals surface area contributed by atoms with Crippen LogP contribution >= 0.6 is 0 Å². The number of aliphatic hydroxyl groups excluding tert-OH is 2. The normalized spacial score (nSPS) is 13.8. The second-order valence-electron chi connectivity index (χ2n) is 4.32. The Labute approximate surface area is 115 Å². The van der Waals surface area contributed by atoms with Gasteiger partial charge in [0.25, 0.3) is 0 Å². The number of aliphatic hydroxyl groups is 2. The molecular formula is C15H14O5. The van der Waals surface area contributed by atoms with Crippen molar-refractivity contribution in [2.24, 2.45) is 0 Å². The molecule has 2 aromatic carbocycles. The van der Waals surface area contributed by atoms with Gasteiger partial charge in [-0.3, -0.25) is 4.79 Å². The van der Waals surface area contributed by atoms with Crippen LogP contribution in [0.1, 0.15) is 22.0 Å². The first-order valence-corrected chi connectivity index (χ1v) is 6.01. The number of hydrogen-bond acceptors (Lipinski definition) is 5. The average Bonchev–Trinajstić information content (AvgIpc) is 2.51. The van der Waals surface area contributed by atoms with Crippen molar-refractivity contribution in [3.8, 4) is 0 Å². The van der Waals surface area contributed by atoms with Crippen molar-refractivity contribution in [1.82, 2.24) is 0 Å². The molecule has 0 aliphatic rings. The van der Waals surface area contributed by atoms with Crippen molar-refractivity contribution in [2.75, 3.05) is 7.11 Å². The van der Waals surface area contributed by atoms with Crippen molar-refractivity contribution >= 4 is 23.0 Å². The van der Waals surface area contributed by atoms with E-state index in [1.54, 1.807) is 18.2 Å². The van der Waals surface area contributed by atoms with Crippen LogP contribution in [0.2, 0.25) is 0 Å². The summed E-state index contributed by atoms with van der Waals surface area (Å²) in [6, 6.07) is 10.4. The van der Waals surface area contributed by atoms with Crippen LogP contribution in [0.15, 0.2) is 36.4 Å². The highest BCUT2D eigenvalue weighted by atomic mass is 16.5. The first-order valence-electron chi connectivity index (χ1n) is 6.01. The van der Waals surface area contributed by atoms with Crippen LogP contribution in [0.4, 0.5) is 0 Å². The molecule has 5 heteroatoms. The maximum absolute atomic E-state index is 11.3. The quantitative estimate of drug-likeness (QED) is 0.647. The lowest BCUT2D eigenvalue weighted by molar-refractivity contribution is -0.156. The maximum atomic E-state index is 11.3. The summed E-state index contributed by atoms with van der Waals surface area (Å²) in [5, 5.41) is 21.4. The highest BCUT2D eigenvalue weighted by Gasteiger charge is 2.29. The molecule has 5 nitrogen and oxygen atoms in total. The van der Waals surface area contributed by atoms with E-state index in [4.69, 9.17) is 0 Å². The minimum Gasteiger partial charge on any atom is -0.467 e. The van der Waals surface area contributed by atoms with Gasteiger partial charge in [0.05, 0.1) is 7.11 Å². The predicted octanol–water partition coefficient (Wildman–Crippen LogP) is 1.22. The van der Waals surface area contributed by atoms with Crippen LogP contribution in [0, 0.1) is 0 Å². The van der Waals surface area contributed by atoms with Gasteiger partial charge < -0.3 is 14.9 Å². The van der Waals surface area contributed by atoms with Gasteiger partial charge in [-0.1, -0.05) is 36.4 Å². The summed E-state index contributed by atoms with van der Waals surface area (Å²) in [6.07, 6.45) is -2.70. The predicted molar refractivity (Wildman–Crippen MR) is 72.3 cm³/mol. The van der Waals surface area contributed by atoms with E-state index in [0.717, 1.165) is 12.5 Å². The summed E-state index contributed by atoms with van der Waals surface area (Å²) in [4.78, 5) is 22.5. The van der Waals surface area contributed by atoms with Gasteiger partial charge in [0, 0.05) is 11.1 Å². The van der Waals surface area contributed by atoms with E-state index in [2.05, 4.69) is 4.74 Å². The number of carbonyl (C=O) groups is 2. The highest BCUT2D eigenvalue weighted by molar-refractivity contribution is 5.94. The molecule has 2 aromatic rings. The highest BCUT2D eigenvalue weighted by Crippen LogP contribution is 2.29. The van der Waals surface area contributed by atoms with Crippen LogP contribution in [0.3, 0.4) is 0 Å². The number of fused-ring (bicyclic) bond motifs is 1. The molecule has 2 rings (SSSR count). The Balaban J connectivity index is 2.61. The number of benzene rings is 2. The van der Waals surface area contributed by atoms with Gasteiger partial charge in [-0.05, 0) is 10.8 Å². The van der Waals surface area contributed by atoms with Crippen LogP contribution < -0.4 is 0 Å². The Morgan fingerprint density at radius 1 is 1.20 bits per heavy atom. The maximum Gasteiger partial charge on any atom is 0.337 e. The van der Waals surface area contributed by atoms with Crippen LogP contribution in [0.25, 0.3) is 10.8 Å². The van der Waals surface area contributed by atoms with E-state index in [1.807, 2.05) is 12.1 Å². The molecule has 20 heavy (non-hydrogen) atoms. The van der Waals surface area contributed by atoms with E-state index in [-0.39, 0.29) is 11.1 Å². The van der Waals surface area contributed by atoms with Gasteiger partial charge in [-0.25, -0.2) is 4.79 Å². The topological polar surface area (TPSA) is 83.8 Å². The zero-order valence-corrected chi connectivity index (χ0v) is 10.8. The molecule has 104 valence electrons. The first kappa shape index (κ1) is 14.2. The molecule has 0 spiro atoms. The minimum absolute atomic E-state index is 0.219. The number of rotatable bonds is 4. The summed E-state index contributed by atoms with van der Waals surface area (Å²) >= 11 is 0. The minimum atomic E-state index is -1.75. The summed E-state index contributed by atoms with van der Waals surface area (Å²) < 4.78 is 4.40. The van der Waals surface area contributed by atoms with E-state index in [0.29, 0.717) is 11.7 Å². The fraction of sp³-hybridized carbons (Fsp3) is 0.200. The van der Waals surface area contributed by atoms with E-state index in [1.165, 1.54) is 6.07 Å². The van der Waals surface area contributed by atoms with Crippen molar-refractivity contribution in [2.45, 2.75) is 12.2 Å². The van der Waals surface area contributed by atoms with Gasteiger partial charge in [0.15, 0.2) is 6.10 Å². The Morgan fingerprint density at radius 3 is 2.55 bits per heavy atom. The van der Waals surface area contributed by atoms with E-state index < -0.39 is 18.2 Å². The van der Waals surface area contributed by atoms with E-state index in [9.17, 15) is 19.8 Å². The molecule has 0 saturated carbocycles. The lowest BCUT2D eigenvalue weighted by Gasteiger charge is -2.19. The number of aldehydes is 1. The van der Waals surface area contributed by atoms with Gasteiger partial charge >= 0.3 is 5.97 Å². The fourth-order valence-corrected chi connectivity index (χ4v) is 2.15. The van der Waals surface area contributed by atoms with Crippen LogP contribution in [-0.2, 0) is 9.53 Å². The lowest BCUT2D eigenvalue weighted by Crippen LogP contribution is -2.29. The SMILES string of the molecule is COC(=O)C(O)C(O)c1c(C=O)ccc2ccccc12. The molecule has 0 fully saturated rings. The third kappa shape index (κ3) is 2.41. The molecule has 2 N–H and O–H groups in total. The molecule has 0 bridgehead atoms. The summed E-state index contributed by atoms with van der Waals surface area (Å²) in [5.74, 6) is -0.956. The monoisotopic (exact) mass is 274 g/mol. The second-order valence-corrected chi connectivity index (χ2v) is 4.32. The summed E-state index contributed by atoms with van der Waals surface area (Å²) in [6.45, 7) is 0. The molecule has 0 radical (unpaired) electrons. The summed E-state index contributed by atoms with van der Waals surface area (Å²) in [5.41, 5.74) is 0.440. The number of carbonyl (C=O) groups excluding carboxylic acids is 2. The Bertz CT molecular complexity index is 650. The zero-order chi connectivity index (χ0) is 14.7. The third-order valence-corrected chi connectivity index (χ3v) is 3.17. The molecule has 0 amide bonds. The molecule has 0 aliphatic carbocycles. The Morgan fingerprint density at radius 2 is 1.90 bits per heavy atom. The van der Waals surface area contributed by atoms with E-state index >= 15 is 0 Å². The molecule has 0 saturated heterocycles. The van der Waals surface area contributed by atoms with Gasteiger partial charge in [0.2, 0.25) is 0 Å². The molecule has 2 atom stereocenters. The molecular weight excluding hydrogens is 260 g/mol. The van der Waals surface area contributed by atoms with Crippen molar-refractivity contribution in [3.05, 3.63) is 47.5 Å². The number of esters is 1. The van der Waals surface area contributed by atoms with Gasteiger partial charge in [0.1, 0.15) is 12.4 Å². The smallest absolute Gasteiger partial charge is 0.337 e. The largest absolute Gasteiger partial charge is 0.467 e. The fourth-order valence-electron chi connectivity index (χ4n) is 2.15. The number of methoxy groups -OCH3 is 1. The third-order valence-electron chi connectivity index (χ3n) is 3.17. The standard InChI is InChI=1S/C15H14O5/c1-20-15(19)14(18)13(17)12-10(8-16)7-6-9-4-2-3-5-11(9)12/h2-8,13-14,17-18H,1H3. The first-order chi connectivity index (χ1) is 9.60. The molecule has 2 unspecified atom stereocenters. The van der Waals surface area contributed by atoms with Crippen molar-refractivity contribution in [1.29, 1.82) is 0 Å². The second kappa shape index (κ2) is 5.81. The molecule has 0 heterocycles. The van der Waals surface area contributed by atoms with Crippen LogP contribution in [-0.4, -0.2) is 35.7 Å². The summed E-state index contributed by atoms with van der Waals surface area (Å²) in [7, 11) is 1.11. The molecule has 0 aliphatic heterocycles. The number of hydrogen-bond donors (Lipinski definition) is 2. The van der Waals surface area contributed by atoms with Crippen LogP contribution in [0.5, 0.6) is 0 Å². The average molecular weight is 274 g/mol.